The Morgan fingerprint density at radius 2 is 1.72 bits per heavy atom. The predicted molar refractivity (Wildman–Crippen MR) is 54.1 cm³/mol. The molecule has 2 aliphatic rings. The number of carbonyl (C=O) groups excluding carboxylic acids is 3. The van der Waals surface area contributed by atoms with Crippen LogP contribution in [0.5, 0.6) is 0 Å². The van der Waals surface area contributed by atoms with E-state index < -0.39 is 29.2 Å². The number of hydrogen-bond donors (Lipinski definition) is 2. The molecule has 18 heavy (non-hydrogen) atoms. The van der Waals surface area contributed by atoms with E-state index in [2.05, 4.69) is 0 Å². The smallest absolute Gasteiger partial charge is 0.307 e. The Bertz CT molecular complexity index is 567. The van der Waals surface area contributed by atoms with Crippen LogP contribution in [0.1, 0.15) is 0 Å². The molecule has 5 amide bonds. The standard InChI is InChI=1S/C7H2Cl2N6O3/c8-14-3(16)6(1-10)7(2-11,13-4(17)12-6)15(9)5(14)18/h(H2,12,13,17). The van der Waals surface area contributed by atoms with Crippen LogP contribution in [-0.2, 0) is 4.79 Å². The topological polar surface area (TPSA) is 129 Å². The van der Waals surface area contributed by atoms with Gasteiger partial charge in [0.25, 0.3) is 17.1 Å². The molecule has 0 aromatic rings. The first-order chi connectivity index (χ1) is 8.36. The number of urea groups is 2. The van der Waals surface area contributed by atoms with Crippen LogP contribution in [0.3, 0.4) is 0 Å². The normalized spacial score (nSPS) is 34.3. The van der Waals surface area contributed by atoms with Crippen LogP contribution in [0.4, 0.5) is 9.59 Å². The SMILES string of the molecule is N#CC12NC(=O)NC1(C#N)N(Cl)C(=O)N(Cl)C2=O. The highest BCUT2D eigenvalue weighted by Crippen LogP contribution is 2.38. The molecule has 2 atom stereocenters. The molecule has 0 saturated carbocycles. The summed E-state index contributed by atoms with van der Waals surface area (Å²) in [4.78, 5) is 34.7. The van der Waals surface area contributed by atoms with Gasteiger partial charge in [0.2, 0.25) is 0 Å². The third-order valence-corrected chi connectivity index (χ3v) is 3.29. The van der Waals surface area contributed by atoms with Gasteiger partial charge in [-0.15, -0.1) is 0 Å². The van der Waals surface area contributed by atoms with Crippen molar-refractivity contribution in [1.29, 1.82) is 10.5 Å². The largest absolute Gasteiger partial charge is 0.359 e. The maximum Gasteiger partial charge on any atom is 0.359 e. The fourth-order valence-corrected chi connectivity index (χ4v) is 2.25. The summed E-state index contributed by atoms with van der Waals surface area (Å²) in [6.45, 7) is 0. The highest BCUT2D eigenvalue weighted by atomic mass is 35.5. The first-order valence-corrected chi connectivity index (χ1v) is 4.97. The lowest BCUT2D eigenvalue weighted by Gasteiger charge is -2.42. The van der Waals surface area contributed by atoms with E-state index in [0.717, 1.165) is 0 Å². The van der Waals surface area contributed by atoms with Crippen molar-refractivity contribution in [2.45, 2.75) is 11.2 Å². The maximum atomic E-state index is 11.9. The number of nitrogens with zero attached hydrogens (tertiary/aromatic N) is 4. The van der Waals surface area contributed by atoms with Gasteiger partial charge in [-0.3, -0.25) is 10.1 Å². The molecule has 92 valence electrons. The van der Waals surface area contributed by atoms with Crippen molar-refractivity contribution < 1.29 is 14.4 Å². The average molecular weight is 289 g/mol. The van der Waals surface area contributed by atoms with Gasteiger partial charge < -0.3 is 5.32 Å². The Morgan fingerprint density at radius 1 is 1.11 bits per heavy atom. The second kappa shape index (κ2) is 3.38. The maximum absolute atomic E-state index is 11.9. The predicted octanol–water partition coefficient (Wildman–Crippen LogP) is -0.647. The van der Waals surface area contributed by atoms with Crippen molar-refractivity contribution in [1.82, 2.24) is 19.5 Å². The van der Waals surface area contributed by atoms with Crippen molar-refractivity contribution in [3.8, 4) is 12.1 Å². The van der Waals surface area contributed by atoms with Gasteiger partial charge in [0.15, 0.2) is 0 Å². The van der Waals surface area contributed by atoms with Crippen molar-refractivity contribution in [2.75, 3.05) is 0 Å². The van der Waals surface area contributed by atoms with Crippen molar-refractivity contribution in [3.63, 3.8) is 0 Å². The molecule has 2 heterocycles. The second-order valence-corrected chi connectivity index (χ2v) is 4.09. The third-order valence-electron chi connectivity index (χ3n) is 2.60. The lowest BCUT2D eigenvalue weighted by molar-refractivity contribution is -0.134. The van der Waals surface area contributed by atoms with E-state index in [0.29, 0.717) is 0 Å². The molecule has 0 bridgehead atoms. The molecule has 2 N–H and O–H groups in total. The summed E-state index contributed by atoms with van der Waals surface area (Å²) in [7, 11) is 0. The Balaban J connectivity index is 2.75. The van der Waals surface area contributed by atoms with Gasteiger partial charge in [0.05, 0.1) is 0 Å². The van der Waals surface area contributed by atoms with Crippen molar-refractivity contribution in [3.05, 3.63) is 0 Å². The monoisotopic (exact) mass is 288 g/mol. The summed E-state index contributed by atoms with van der Waals surface area (Å²) in [5, 5.41) is 22.1. The molecule has 0 spiro atoms. The summed E-state index contributed by atoms with van der Waals surface area (Å²) >= 11 is 11.0. The van der Waals surface area contributed by atoms with Crippen LogP contribution >= 0.6 is 23.6 Å². The molecule has 0 aromatic carbocycles. The average Bonchev–Trinajstić information content (AvgIpc) is 2.68. The van der Waals surface area contributed by atoms with E-state index in [4.69, 9.17) is 34.1 Å². The van der Waals surface area contributed by atoms with E-state index >= 15 is 0 Å². The molecule has 2 aliphatic heterocycles. The number of fused-ring (bicyclic) bond motifs is 1. The molecule has 0 aliphatic carbocycles. The Hall–Kier alpha value is -2.23. The first kappa shape index (κ1) is 12.2. The lowest BCUT2D eigenvalue weighted by Crippen LogP contribution is -2.77. The zero-order valence-corrected chi connectivity index (χ0v) is 9.78. The summed E-state index contributed by atoms with van der Waals surface area (Å²) < 4.78 is 0.224. The van der Waals surface area contributed by atoms with Gasteiger partial charge in [-0.05, 0) is 0 Å². The van der Waals surface area contributed by atoms with Crippen molar-refractivity contribution in [2.24, 2.45) is 0 Å². The zero-order chi connectivity index (χ0) is 13.7. The molecular weight excluding hydrogens is 287 g/mol. The van der Waals surface area contributed by atoms with Crippen LogP contribution in [0.25, 0.3) is 0 Å². The number of amides is 5. The van der Waals surface area contributed by atoms with E-state index in [9.17, 15) is 14.4 Å². The molecule has 2 rings (SSSR count). The summed E-state index contributed by atoms with van der Waals surface area (Å²) in [6.07, 6.45) is 0. The summed E-state index contributed by atoms with van der Waals surface area (Å²) in [5.74, 6) is -1.27. The number of nitrogens with one attached hydrogen (secondary N) is 2. The summed E-state index contributed by atoms with van der Waals surface area (Å²) in [6, 6.07) is 0.691. The number of carbonyl (C=O) groups is 3. The molecule has 0 aromatic heterocycles. The van der Waals surface area contributed by atoms with Gasteiger partial charge in [-0.2, -0.15) is 19.4 Å². The number of hydrogen-bond acceptors (Lipinski definition) is 5. The first-order valence-electron chi connectivity index (χ1n) is 4.29. The van der Waals surface area contributed by atoms with Crippen LogP contribution in [0.15, 0.2) is 0 Å². The van der Waals surface area contributed by atoms with E-state index in [-0.39, 0.29) is 8.84 Å². The zero-order valence-electron chi connectivity index (χ0n) is 8.27. The fourth-order valence-electron chi connectivity index (χ4n) is 1.72. The van der Waals surface area contributed by atoms with E-state index in [1.807, 2.05) is 10.6 Å². The highest BCUT2D eigenvalue weighted by Gasteiger charge is 2.74. The van der Waals surface area contributed by atoms with Crippen LogP contribution in [0, 0.1) is 22.7 Å². The Morgan fingerprint density at radius 3 is 2.22 bits per heavy atom. The van der Waals surface area contributed by atoms with E-state index in [1.54, 1.807) is 0 Å². The third kappa shape index (κ3) is 1.03. The van der Waals surface area contributed by atoms with E-state index in [1.165, 1.54) is 12.1 Å². The van der Waals surface area contributed by atoms with Crippen LogP contribution < -0.4 is 10.6 Å². The minimum Gasteiger partial charge on any atom is -0.307 e. The van der Waals surface area contributed by atoms with Gasteiger partial charge in [-0.25, -0.2) is 9.59 Å². The van der Waals surface area contributed by atoms with Gasteiger partial charge >= 0.3 is 12.1 Å². The van der Waals surface area contributed by atoms with Crippen molar-refractivity contribution >= 4 is 41.5 Å². The highest BCUT2D eigenvalue weighted by molar-refractivity contribution is 6.37. The minimum absolute atomic E-state index is 0.0269. The molecule has 0 radical (unpaired) electrons. The number of rotatable bonds is 0. The van der Waals surface area contributed by atoms with Crippen LogP contribution in [0.2, 0.25) is 0 Å². The minimum atomic E-state index is -2.41. The molecule has 11 heteroatoms. The molecular formula is C7H2Cl2N6O3. The number of nitriles is 2. The van der Waals surface area contributed by atoms with Gasteiger partial charge in [-0.1, -0.05) is 0 Å². The fraction of sp³-hybridized carbons (Fsp3) is 0.286. The second-order valence-electron chi connectivity index (χ2n) is 3.41. The number of halogens is 2. The molecule has 2 fully saturated rings. The quantitative estimate of drug-likeness (QED) is 0.572. The molecule has 2 saturated heterocycles. The number of imide groups is 1. The Kier molecular flexibility index (Phi) is 2.30. The van der Waals surface area contributed by atoms with Gasteiger partial charge in [0.1, 0.15) is 12.1 Å². The summed E-state index contributed by atoms with van der Waals surface area (Å²) in [5.41, 5.74) is -4.77. The lowest BCUT2D eigenvalue weighted by atomic mass is 9.85. The molecule has 9 nitrogen and oxygen atoms in total. The molecule has 2 unspecified atom stereocenters. The van der Waals surface area contributed by atoms with Crippen LogP contribution in [-0.4, -0.2) is 38.0 Å². The van der Waals surface area contributed by atoms with Gasteiger partial charge in [0, 0.05) is 23.6 Å². The Labute approximate surface area is 110 Å².